The largest absolute Gasteiger partial charge is 0.364 e. The molecule has 0 bridgehead atoms. The van der Waals surface area contributed by atoms with Crippen molar-refractivity contribution in [1.29, 1.82) is 0 Å². The van der Waals surface area contributed by atoms with Crippen LogP contribution >= 0.6 is 0 Å². The fraction of sp³-hybridized carbons (Fsp3) is 0.0667. The van der Waals surface area contributed by atoms with E-state index < -0.39 is 6.29 Å². The summed E-state index contributed by atoms with van der Waals surface area (Å²) in [7, 11) is 0. The van der Waals surface area contributed by atoms with E-state index in [1.807, 2.05) is 36.4 Å². The SMILES string of the molecule is OC(O)c1ccc2ccc3ccccc3c2c1. The standard InChI is InChI=1S/C15H12O2/c16-15(17)12-8-7-11-6-5-10-3-1-2-4-13(10)14(11)9-12/h1-9,15-17H. The van der Waals surface area contributed by atoms with Gasteiger partial charge in [0.1, 0.15) is 0 Å². The molecule has 0 amide bonds. The molecule has 0 aliphatic rings. The van der Waals surface area contributed by atoms with Gasteiger partial charge in [0.15, 0.2) is 6.29 Å². The molecular weight excluding hydrogens is 212 g/mol. The Labute approximate surface area is 98.7 Å². The van der Waals surface area contributed by atoms with E-state index in [2.05, 4.69) is 12.1 Å². The molecule has 0 aliphatic heterocycles. The van der Waals surface area contributed by atoms with Crippen LogP contribution in [0, 0.1) is 0 Å². The summed E-state index contributed by atoms with van der Waals surface area (Å²) in [5, 5.41) is 22.9. The third-order valence-corrected chi connectivity index (χ3v) is 3.07. The maximum absolute atomic E-state index is 9.21. The molecule has 0 radical (unpaired) electrons. The first-order chi connectivity index (χ1) is 8.25. The van der Waals surface area contributed by atoms with Crippen LogP contribution in [0.3, 0.4) is 0 Å². The summed E-state index contributed by atoms with van der Waals surface area (Å²) < 4.78 is 0. The predicted octanol–water partition coefficient (Wildman–Crippen LogP) is 2.98. The highest BCUT2D eigenvalue weighted by molar-refractivity contribution is 6.07. The van der Waals surface area contributed by atoms with Gasteiger partial charge >= 0.3 is 0 Å². The first kappa shape index (κ1) is 10.3. The lowest BCUT2D eigenvalue weighted by atomic mass is 10.00. The minimum Gasteiger partial charge on any atom is -0.364 e. The molecule has 3 aromatic rings. The van der Waals surface area contributed by atoms with Gasteiger partial charge in [-0.05, 0) is 27.6 Å². The van der Waals surface area contributed by atoms with Crippen molar-refractivity contribution in [3.8, 4) is 0 Å². The summed E-state index contributed by atoms with van der Waals surface area (Å²) in [5.41, 5.74) is 0.522. The number of aliphatic hydroxyl groups is 2. The molecule has 3 aromatic carbocycles. The summed E-state index contributed by atoms with van der Waals surface area (Å²) in [5.74, 6) is 0. The van der Waals surface area contributed by atoms with Gasteiger partial charge in [0.25, 0.3) is 0 Å². The summed E-state index contributed by atoms with van der Waals surface area (Å²) in [6.07, 6.45) is -1.42. The normalized spacial score (nSPS) is 11.5. The third kappa shape index (κ3) is 1.68. The maximum Gasteiger partial charge on any atom is 0.178 e. The van der Waals surface area contributed by atoms with Crippen molar-refractivity contribution < 1.29 is 10.2 Å². The van der Waals surface area contributed by atoms with Crippen molar-refractivity contribution in [3.63, 3.8) is 0 Å². The van der Waals surface area contributed by atoms with Crippen LogP contribution < -0.4 is 0 Å². The minimum absolute atomic E-state index is 0.522. The van der Waals surface area contributed by atoms with Crippen LogP contribution in [0.1, 0.15) is 11.9 Å². The van der Waals surface area contributed by atoms with Gasteiger partial charge in [-0.15, -0.1) is 0 Å². The van der Waals surface area contributed by atoms with Crippen molar-refractivity contribution in [2.45, 2.75) is 6.29 Å². The van der Waals surface area contributed by atoms with E-state index in [1.165, 1.54) is 0 Å². The Balaban J connectivity index is 2.42. The molecule has 0 aromatic heterocycles. The molecule has 0 fully saturated rings. The Hall–Kier alpha value is -1.90. The van der Waals surface area contributed by atoms with Gasteiger partial charge in [-0.25, -0.2) is 0 Å². The van der Waals surface area contributed by atoms with Crippen LogP contribution in [0.15, 0.2) is 54.6 Å². The van der Waals surface area contributed by atoms with Crippen molar-refractivity contribution in [1.82, 2.24) is 0 Å². The molecule has 0 unspecified atom stereocenters. The minimum atomic E-state index is -1.42. The second kappa shape index (κ2) is 3.84. The maximum atomic E-state index is 9.21. The fourth-order valence-electron chi connectivity index (χ4n) is 2.18. The van der Waals surface area contributed by atoms with E-state index in [-0.39, 0.29) is 0 Å². The Bertz CT molecular complexity index is 687. The number of aliphatic hydroxyl groups excluding tert-OH is 1. The summed E-state index contributed by atoms with van der Waals surface area (Å²) >= 11 is 0. The Kier molecular flexibility index (Phi) is 2.32. The molecule has 17 heavy (non-hydrogen) atoms. The van der Waals surface area contributed by atoms with Gasteiger partial charge in [-0.3, -0.25) is 0 Å². The highest BCUT2D eigenvalue weighted by atomic mass is 16.5. The number of hydrogen-bond donors (Lipinski definition) is 2. The predicted molar refractivity (Wildman–Crippen MR) is 68.6 cm³/mol. The summed E-state index contributed by atoms with van der Waals surface area (Å²) in [6, 6.07) is 17.7. The summed E-state index contributed by atoms with van der Waals surface area (Å²) in [4.78, 5) is 0. The molecule has 0 aliphatic carbocycles. The number of rotatable bonds is 1. The molecular formula is C15H12O2. The van der Waals surface area contributed by atoms with Crippen molar-refractivity contribution in [2.24, 2.45) is 0 Å². The number of benzene rings is 3. The van der Waals surface area contributed by atoms with Gasteiger partial charge < -0.3 is 10.2 Å². The lowest BCUT2D eigenvalue weighted by Crippen LogP contribution is -1.94. The summed E-state index contributed by atoms with van der Waals surface area (Å²) in [6.45, 7) is 0. The van der Waals surface area contributed by atoms with Gasteiger partial charge in [-0.1, -0.05) is 48.5 Å². The smallest absolute Gasteiger partial charge is 0.178 e. The van der Waals surface area contributed by atoms with E-state index >= 15 is 0 Å². The first-order valence-electron chi connectivity index (χ1n) is 5.53. The zero-order valence-electron chi connectivity index (χ0n) is 9.17. The molecule has 0 saturated carbocycles. The van der Waals surface area contributed by atoms with E-state index in [0.29, 0.717) is 5.56 Å². The van der Waals surface area contributed by atoms with E-state index in [0.717, 1.165) is 21.5 Å². The third-order valence-electron chi connectivity index (χ3n) is 3.07. The number of hydrogen-bond acceptors (Lipinski definition) is 2. The van der Waals surface area contributed by atoms with Crippen molar-refractivity contribution in [3.05, 3.63) is 60.2 Å². The van der Waals surface area contributed by atoms with Gasteiger partial charge in [0.2, 0.25) is 0 Å². The molecule has 2 heteroatoms. The second-order valence-corrected chi connectivity index (χ2v) is 4.14. The average molecular weight is 224 g/mol. The van der Waals surface area contributed by atoms with E-state index in [1.54, 1.807) is 6.07 Å². The molecule has 3 rings (SSSR count). The molecule has 2 nitrogen and oxygen atoms in total. The first-order valence-corrected chi connectivity index (χ1v) is 5.53. The fourth-order valence-corrected chi connectivity index (χ4v) is 2.18. The molecule has 84 valence electrons. The quantitative estimate of drug-likeness (QED) is 0.493. The second-order valence-electron chi connectivity index (χ2n) is 4.14. The molecule has 2 N–H and O–H groups in total. The Morgan fingerprint density at radius 3 is 2.12 bits per heavy atom. The lowest BCUT2D eigenvalue weighted by Gasteiger charge is -2.08. The monoisotopic (exact) mass is 224 g/mol. The van der Waals surface area contributed by atoms with Gasteiger partial charge in [0.05, 0.1) is 0 Å². The Morgan fingerprint density at radius 1 is 0.706 bits per heavy atom. The topological polar surface area (TPSA) is 40.5 Å². The van der Waals surface area contributed by atoms with Crippen LogP contribution in [0.2, 0.25) is 0 Å². The van der Waals surface area contributed by atoms with E-state index in [4.69, 9.17) is 0 Å². The van der Waals surface area contributed by atoms with Crippen LogP contribution in [0.4, 0.5) is 0 Å². The molecule has 0 heterocycles. The van der Waals surface area contributed by atoms with Crippen molar-refractivity contribution >= 4 is 21.5 Å². The number of fused-ring (bicyclic) bond motifs is 3. The zero-order chi connectivity index (χ0) is 11.8. The van der Waals surface area contributed by atoms with Crippen LogP contribution in [0.5, 0.6) is 0 Å². The molecule has 0 atom stereocenters. The highest BCUT2D eigenvalue weighted by Crippen LogP contribution is 2.27. The molecule has 0 spiro atoms. The van der Waals surface area contributed by atoms with Gasteiger partial charge in [-0.2, -0.15) is 0 Å². The van der Waals surface area contributed by atoms with Crippen LogP contribution in [-0.4, -0.2) is 10.2 Å². The zero-order valence-corrected chi connectivity index (χ0v) is 9.17. The van der Waals surface area contributed by atoms with E-state index in [9.17, 15) is 10.2 Å². The Morgan fingerprint density at radius 2 is 1.35 bits per heavy atom. The highest BCUT2D eigenvalue weighted by Gasteiger charge is 2.05. The van der Waals surface area contributed by atoms with Crippen LogP contribution in [0.25, 0.3) is 21.5 Å². The van der Waals surface area contributed by atoms with Gasteiger partial charge in [0, 0.05) is 5.56 Å². The van der Waals surface area contributed by atoms with Crippen molar-refractivity contribution in [2.75, 3.05) is 0 Å². The average Bonchev–Trinajstić information content (AvgIpc) is 2.38. The lowest BCUT2D eigenvalue weighted by molar-refractivity contribution is -0.0423. The molecule has 0 saturated heterocycles. The van der Waals surface area contributed by atoms with Crippen LogP contribution in [-0.2, 0) is 0 Å².